The number of methoxy groups -OCH3 is 2. The van der Waals surface area contributed by atoms with Gasteiger partial charge in [-0.3, -0.25) is 4.79 Å². The molecule has 140 valence electrons. The van der Waals surface area contributed by atoms with E-state index in [0.29, 0.717) is 35.2 Å². The maximum absolute atomic E-state index is 12.9. The summed E-state index contributed by atoms with van der Waals surface area (Å²) in [6.07, 6.45) is 0.655. The molecule has 0 aliphatic heterocycles. The molecule has 1 amide bonds. The van der Waals surface area contributed by atoms with E-state index in [9.17, 15) is 9.59 Å². The van der Waals surface area contributed by atoms with Crippen molar-refractivity contribution in [2.45, 2.75) is 13.0 Å². The Morgan fingerprint density at radius 1 is 1.27 bits per heavy atom. The third-order valence-electron chi connectivity index (χ3n) is 3.50. The first-order valence-electron chi connectivity index (χ1n) is 7.72. The topological polar surface area (TPSA) is 68.7 Å². The Balaban J connectivity index is 2.20. The number of thiazole rings is 1. The van der Waals surface area contributed by atoms with Gasteiger partial charge in [-0.15, -0.1) is 11.3 Å². The molecule has 2 rings (SSSR count). The van der Waals surface area contributed by atoms with Crippen molar-refractivity contribution in [3.8, 4) is 0 Å². The molecule has 0 atom stereocenters. The van der Waals surface area contributed by atoms with Crippen molar-refractivity contribution in [1.29, 1.82) is 0 Å². The number of nitrogens with zero attached hydrogens (tertiary/aromatic N) is 2. The Morgan fingerprint density at radius 2 is 2.04 bits per heavy atom. The Labute approximate surface area is 165 Å². The van der Waals surface area contributed by atoms with Gasteiger partial charge in [-0.25, -0.2) is 9.78 Å². The number of hydrogen-bond donors (Lipinski definition) is 0. The molecule has 0 saturated heterocycles. The molecule has 0 aliphatic carbocycles. The van der Waals surface area contributed by atoms with Crippen LogP contribution in [0.5, 0.6) is 0 Å². The number of benzene rings is 1. The highest BCUT2D eigenvalue weighted by molar-refractivity contribution is 7.09. The summed E-state index contributed by atoms with van der Waals surface area (Å²) in [5, 5.41) is 2.98. The summed E-state index contributed by atoms with van der Waals surface area (Å²) < 4.78 is 9.72. The number of halogens is 2. The fourth-order valence-corrected chi connectivity index (χ4v) is 3.50. The van der Waals surface area contributed by atoms with E-state index in [4.69, 9.17) is 27.9 Å². The maximum atomic E-state index is 12.9. The summed E-state index contributed by atoms with van der Waals surface area (Å²) in [6.45, 7) is 1.23. The number of aromatic nitrogens is 1. The summed E-state index contributed by atoms with van der Waals surface area (Å²) in [4.78, 5) is 30.3. The standard InChI is InChI=1S/C17H18Cl2N2O4S/c1-24-7-3-6-21(9-15-20-14(10-26-15)17(23)25-2)16(22)12-5-4-11(18)8-13(12)19/h4-5,8,10H,3,6-7,9H2,1-2H3. The summed E-state index contributed by atoms with van der Waals surface area (Å²) in [7, 11) is 2.90. The van der Waals surface area contributed by atoms with E-state index in [1.54, 1.807) is 29.5 Å². The molecule has 0 unspecified atom stereocenters. The van der Waals surface area contributed by atoms with Gasteiger partial charge in [0.25, 0.3) is 5.91 Å². The monoisotopic (exact) mass is 416 g/mol. The number of esters is 1. The minimum Gasteiger partial charge on any atom is -0.464 e. The molecular weight excluding hydrogens is 399 g/mol. The van der Waals surface area contributed by atoms with E-state index in [-0.39, 0.29) is 23.2 Å². The van der Waals surface area contributed by atoms with Crippen molar-refractivity contribution in [3.63, 3.8) is 0 Å². The highest BCUT2D eigenvalue weighted by Gasteiger charge is 2.21. The van der Waals surface area contributed by atoms with Crippen LogP contribution in [0.4, 0.5) is 0 Å². The molecule has 2 aromatic rings. The number of rotatable bonds is 8. The predicted octanol–water partition coefficient (Wildman–Crippen LogP) is 3.92. The smallest absolute Gasteiger partial charge is 0.357 e. The quantitative estimate of drug-likeness (QED) is 0.481. The first-order chi connectivity index (χ1) is 12.5. The van der Waals surface area contributed by atoms with Gasteiger partial charge in [0.2, 0.25) is 0 Å². The van der Waals surface area contributed by atoms with Crippen molar-refractivity contribution >= 4 is 46.4 Å². The first-order valence-corrected chi connectivity index (χ1v) is 9.35. The van der Waals surface area contributed by atoms with Gasteiger partial charge >= 0.3 is 5.97 Å². The molecule has 0 aliphatic rings. The molecular formula is C17H18Cl2N2O4S. The van der Waals surface area contributed by atoms with Crippen LogP contribution in [0.1, 0.15) is 32.3 Å². The SMILES string of the molecule is COCCCN(Cc1nc(C(=O)OC)cs1)C(=O)c1ccc(Cl)cc1Cl. The van der Waals surface area contributed by atoms with Crippen LogP contribution in [0, 0.1) is 0 Å². The van der Waals surface area contributed by atoms with Gasteiger partial charge in [-0.1, -0.05) is 23.2 Å². The van der Waals surface area contributed by atoms with Crippen molar-refractivity contribution in [3.05, 3.63) is 49.9 Å². The highest BCUT2D eigenvalue weighted by Crippen LogP contribution is 2.23. The van der Waals surface area contributed by atoms with E-state index in [1.807, 2.05) is 0 Å². The third-order valence-corrected chi connectivity index (χ3v) is 4.88. The molecule has 6 nitrogen and oxygen atoms in total. The maximum Gasteiger partial charge on any atom is 0.357 e. The molecule has 0 N–H and O–H groups in total. The van der Waals surface area contributed by atoms with Crippen LogP contribution in [0.2, 0.25) is 10.0 Å². The molecule has 26 heavy (non-hydrogen) atoms. The fourth-order valence-electron chi connectivity index (χ4n) is 2.23. The lowest BCUT2D eigenvalue weighted by atomic mass is 10.2. The molecule has 0 radical (unpaired) electrons. The molecule has 0 saturated carbocycles. The molecule has 0 spiro atoms. The van der Waals surface area contributed by atoms with Crippen molar-refractivity contribution in [2.24, 2.45) is 0 Å². The van der Waals surface area contributed by atoms with Crippen LogP contribution in [0.25, 0.3) is 0 Å². The zero-order valence-corrected chi connectivity index (χ0v) is 16.7. The number of ether oxygens (including phenoxy) is 2. The van der Waals surface area contributed by atoms with Crippen LogP contribution in [0.15, 0.2) is 23.6 Å². The zero-order valence-electron chi connectivity index (χ0n) is 14.3. The number of carbonyl (C=O) groups excluding carboxylic acids is 2. The van der Waals surface area contributed by atoms with Crippen molar-refractivity contribution in [2.75, 3.05) is 27.4 Å². The number of carbonyl (C=O) groups is 2. The van der Waals surface area contributed by atoms with E-state index in [0.717, 1.165) is 0 Å². The second kappa shape index (κ2) is 9.87. The van der Waals surface area contributed by atoms with E-state index in [2.05, 4.69) is 9.72 Å². The van der Waals surface area contributed by atoms with Crippen LogP contribution in [-0.4, -0.2) is 49.1 Å². The minimum absolute atomic E-state index is 0.223. The largest absolute Gasteiger partial charge is 0.464 e. The van der Waals surface area contributed by atoms with Gasteiger partial charge in [0, 0.05) is 30.7 Å². The average molecular weight is 417 g/mol. The van der Waals surface area contributed by atoms with Gasteiger partial charge in [-0.2, -0.15) is 0 Å². The second-order valence-corrected chi connectivity index (χ2v) is 7.10. The summed E-state index contributed by atoms with van der Waals surface area (Å²) >= 11 is 13.4. The number of amides is 1. The Bertz CT molecular complexity index is 782. The van der Waals surface area contributed by atoms with Gasteiger partial charge in [0.15, 0.2) is 5.69 Å². The zero-order chi connectivity index (χ0) is 19.1. The first kappa shape index (κ1) is 20.6. The average Bonchev–Trinajstić information content (AvgIpc) is 3.08. The van der Waals surface area contributed by atoms with Crippen LogP contribution < -0.4 is 0 Å². The Morgan fingerprint density at radius 3 is 2.69 bits per heavy atom. The van der Waals surface area contributed by atoms with Crippen LogP contribution in [-0.2, 0) is 16.0 Å². The molecule has 0 bridgehead atoms. The highest BCUT2D eigenvalue weighted by atomic mass is 35.5. The van der Waals surface area contributed by atoms with Crippen LogP contribution in [0.3, 0.4) is 0 Å². The Kier molecular flexibility index (Phi) is 7.84. The molecule has 1 aromatic heterocycles. The third kappa shape index (κ3) is 5.41. The summed E-state index contributed by atoms with van der Waals surface area (Å²) in [6, 6.07) is 4.74. The van der Waals surface area contributed by atoms with Crippen molar-refractivity contribution in [1.82, 2.24) is 9.88 Å². The van der Waals surface area contributed by atoms with E-state index in [1.165, 1.54) is 24.5 Å². The van der Waals surface area contributed by atoms with E-state index >= 15 is 0 Å². The lowest BCUT2D eigenvalue weighted by Crippen LogP contribution is -2.32. The summed E-state index contributed by atoms with van der Waals surface area (Å²) in [5.41, 5.74) is 0.583. The van der Waals surface area contributed by atoms with Gasteiger partial charge in [-0.05, 0) is 24.6 Å². The molecule has 0 fully saturated rings. The minimum atomic E-state index is -0.509. The van der Waals surface area contributed by atoms with E-state index < -0.39 is 5.97 Å². The lowest BCUT2D eigenvalue weighted by Gasteiger charge is -2.22. The van der Waals surface area contributed by atoms with Gasteiger partial charge in [0.05, 0.1) is 24.2 Å². The molecule has 9 heteroatoms. The van der Waals surface area contributed by atoms with Gasteiger partial charge in [0.1, 0.15) is 5.01 Å². The predicted molar refractivity (Wildman–Crippen MR) is 101 cm³/mol. The van der Waals surface area contributed by atoms with Crippen LogP contribution >= 0.6 is 34.5 Å². The fraction of sp³-hybridized carbons (Fsp3) is 0.353. The normalized spacial score (nSPS) is 10.6. The number of hydrogen-bond acceptors (Lipinski definition) is 6. The van der Waals surface area contributed by atoms with Gasteiger partial charge < -0.3 is 14.4 Å². The Hall–Kier alpha value is -1.67. The lowest BCUT2D eigenvalue weighted by molar-refractivity contribution is 0.0594. The summed E-state index contributed by atoms with van der Waals surface area (Å²) in [5.74, 6) is -0.747. The molecule has 1 aromatic carbocycles. The van der Waals surface area contributed by atoms with Crippen molar-refractivity contribution < 1.29 is 19.1 Å². The second-order valence-electron chi connectivity index (χ2n) is 5.32. The molecule has 1 heterocycles.